The van der Waals surface area contributed by atoms with E-state index in [9.17, 15) is 0 Å². The van der Waals surface area contributed by atoms with Crippen molar-refractivity contribution in [1.29, 1.82) is 0 Å². The molecule has 0 fully saturated rings. The van der Waals surface area contributed by atoms with Gasteiger partial charge in [0.05, 0.1) is 5.69 Å². The van der Waals surface area contributed by atoms with Crippen molar-refractivity contribution in [3.05, 3.63) is 12.0 Å². The van der Waals surface area contributed by atoms with Crippen LogP contribution in [0.3, 0.4) is 0 Å². The fourth-order valence-electron chi connectivity index (χ4n) is 1.82. The topological polar surface area (TPSA) is 89.9 Å². The molecule has 2 rings (SSSR count). The lowest BCUT2D eigenvalue weighted by Gasteiger charge is -2.27. The van der Waals surface area contributed by atoms with Gasteiger partial charge in [0.25, 0.3) is 5.71 Å². The SMILES string of the molecule is CCC(N)(CC)CNc1ncnc2onc(C)c12. The van der Waals surface area contributed by atoms with Crippen molar-refractivity contribution in [2.24, 2.45) is 5.73 Å². The number of hydrogen-bond acceptors (Lipinski definition) is 6. The van der Waals surface area contributed by atoms with Crippen molar-refractivity contribution < 1.29 is 4.52 Å². The van der Waals surface area contributed by atoms with Crippen molar-refractivity contribution in [3.63, 3.8) is 0 Å². The Morgan fingerprint density at radius 1 is 1.33 bits per heavy atom. The summed E-state index contributed by atoms with van der Waals surface area (Å²) in [6.07, 6.45) is 3.28. The van der Waals surface area contributed by atoms with Crippen LogP contribution in [0, 0.1) is 6.92 Å². The monoisotopic (exact) mass is 249 g/mol. The van der Waals surface area contributed by atoms with Crippen LogP contribution < -0.4 is 11.1 Å². The van der Waals surface area contributed by atoms with E-state index < -0.39 is 0 Å². The molecule has 98 valence electrons. The van der Waals surface area contributed by atoms with Gasteiger partial charge in [0.1, 0.15) is 17.5 Å². The Kier molecular flexibility index (Phi) is 3.47. The highest BCUT2D eigenvalue weighted by molar-refractivity contribution is 5.87. The summed E-state index contributed by atoms with van der Waals surface area (Å²) in [7, 11) is 0. The Bertz CT molecular complexity index is 532. The first-order chi connectivity index (χ1) is 8.59. The molecule has 0 saturated heterocycles. The minimum Gasteiger partial charge on any atom is -0.367 e. The van der Waals surface area contributed by atoms with E-state index in [4.69, 9.17) is 10.3 Å². The van der Waals surface area contributed by atoms with E-state index in [2.05, 4.69) is 34.3 Å². The molecule has 0 radical (unpaired) electrons. The number of aryl methyl sites for hydroxylation is 1. The highest BCUT2D eigenvalue weighted by Crippen LogP contribution is 2.23. The van der Waals surface area contributed by atoms with Gasteiger partial charge < -0.3 is 15.6 Å². The lowest BCUT2D eigenvalue weighted by atomic mass is 9.94. The molecule has 2 aromatic rings. The summed E-state index contributed by atoms with van der Waals surface area (Å²) in [6, 6.07) is 0. The van der Waals surface area contributed by atoms with Crippen LogP contribution in [0.5, 0.6) is 0 Å². The van der Waals surface area contributed by atoms with Gasteiger partial charge in [0.15, 0.2) is 0 Å². The van der Waals surface area contributed by atoms with Gasteiger partial charge in [-0.25, -0.2) is 4.98 Å². The second-order valence-corrected chi connectivity index (χ2v) is 4.59. The number of nitrogens with two attached hydrogens (primary N) is 1. The molecule has 6 nitrogen and oxygen atoms in total. The van der Waals surface area contributed by atoms with E-state index in [0.29, 0.717) is 12.3 Å². The maximum atomic E-state index is 6.26. The summed E-state index contributed by atoms with van der Waals surface area (Å²) in [5, 5.41) is 8.00. The zero-order valence-corrected chi connectivity index (χ0v) is 11.0. The molecule has 0 aromatic carbocycles. The highest BCUT2D eigenvalue weighted by Gasteiger charge is 2.21. The maximum Gasteiger partial charge on any atom is 0.263 e. The molecule has 0 amide bonds. The average Bonchev–Trinajstić information content (AvgIpc) is 2.78. The molecule has 0 bridgehead atoms. The summed E-state index contributed by atoms with van der Waals surface area (Å²) in [4.78, 5) is 8.27. The third-order valence-electron chi connectivity index (χ3n) is 3.46. The number of rotatable bonds is 5. The van der Waals surface area contributed by atoms with Gasteiger partial charge in [-0.05, 0) is 19.8 Å². The number of nitrogens with zero attached hydrogens (tertiary/aromatic N) is 3. The fourth-order valence-corrected chi connectivity index (χ4v) is 1.82. The predicted octanol–water partition coefficient (Wildman–Crippen LogP) is 1.86. The smallest absolute Gasteiger partial charge is 0.263 e. The van der Waals surface area contributed by atoms with Crippen LogP contribution in [0.2, 0.25) is 0 Å². The third-order valence-corrected chi connectivity index (χ3v) is 3.46. The first kappa shape index (κ1) is 12.8. The third kappa shape index (κ3) is 2.28. The molecular weight excluding hydrogens is 230 g/mol. The van der Waals surface area contributed by atoms with E-state index >= 15 is 0 Å². The lowest BCUT2D eigenvalue weighted by Crippen LogP contribution is -2.45. The van der Waals surface area contributed by atoms with Gasteiger partial charge in [0.2, 0.25) is 0 Å². The molecule has 0 atom stereocenters. The highest BCUT2D eigenvalue weighted by atomic mass is 16.5. The minimum absolute atomic E-state index is 0.220. The summed E-state index contributed by atoms with van der Waals surface area (Å²) in [6.45, 7) is 6.71. The molecule has 6 heteroatoms. The Hall–Kier alpha value is -1.69. The van der Waals surface area contributed by atoms with Crippen molar-refractivity contribution >= 4 is 16.9 Å². The van der Waals surface area contributed by atoms with Crippen molar-refractivity contribution in [2.75, 3.05) is 11.9 Å². The van der Waals surface area contributed by atoms with E-state index in [1.807, 2.05) is 6.92 Å². The normalized spacial score (nSPS) is 12.0. The first-order valence-corrected chi connectivity index (χ1v) is 6.19. The molecule has 0 saturated carbocycles. The van der Waals surface area contributed by atoms with E-state index in [-0.39, 0.29) is 5.54 Å². The van der Waals surface area contributed by atoms with E-state index in [1.54, 1.807) is 0 Å². The molecule has 2 heterocycles. The minimum atomic E-state index is -0.220. The summed E-state index contributed by atoms with van der Waals surface area (Å²) in [5.41, 5.74) is 7.32. The second kappa shape index (κ2) is 4.89. The Balaban J connectivity index is 2.24. The molecule has 3 N–H and O–H groups in total. The summed E-state index contributed by atoms with van der Waals surface area (Å²) in [5.74, 6) is 0.732. The molecule has 0 aliphatic rings. The molecule has 0 spiro atoms. The van der Waals surface area contributed by atoms with E-state index in [1.165, 1.54) is 6.33 Å². The van der Waals surface area contributed by atoms with Gasteiger partial charge in [0, 0.05) is 12.1 Å². The number of aromatic nitrogens is 3. The molecule has 18 heavy (non-hydrogen) atoms. The van der Waals surface area contributed by atoms with Crippen molar-refractivity contribution in [3.8, 4) is 0 Å². The molecule has 2 aromatic heterocycles. The zero-order chi connectivity index (χ0) is 13.2. The number of fused-ring (bicyclic) bond motifs is 1. The molecule has 0 unspecified atom stereocenters. The summed E-state index contributed by atoms with van der Waals surface area (Å²) < 4.78 is 5.10. The van der Waals surface area contributed by atoms with Gasteiger partial charge in [-0.3, -0.25) is 0 Å². The van der Waals surface area contributed by atoms with Gasteiger partial charge in [-0.15, -0.1) is 0 Å². The van der Waals surface area contributed by atoms with E-state index in [0.717, 1.165) is 29.7 Å². The maximum absolute atomic E-state index is 6.26. The van der Waals surface area contributed by atoms with Gasteiger partial charge in [-0.1, -0.05) is 19.0 Å². The quantitative estimate of drug-likeness (QED) is 0.840. The van der Waals surface area contributed by atoms with Crippen LogP contribution in [-0.2, 0) is 0 Å². The van der Waals surface area contributed by atoms with Crippen molar-refractivity contribution in [1.82, 2.24) is 15.1 Å². The van der Waals surface area contributed by atoms with Crippen molar-refractivity contribution in [2.45, 2.75) is 39.2 Å². The van der Waals surface area contributed by atoms with Crippen LogP contribution in [-0.4, -0.2) is 27.2 Å². The molecule has 0 aliphatic carbocycles. The first-order valence-electron chi connectivity index (χ1n) is 6.19. The molecular formula is C12H19N5O. The zero-order valence-electron chi connectivity index (χ0n) is 11.0. The average molecular weight is 249 g/mol. The van der Waals surface area contributed by atoms with Gasteiger partial charge >= 0.3 is 0 Å². The van der Waals surface area contributed by atoms with Crippen LogP contribution in [0.15, 0.2) is 10.9 Å². The number of hydrogen-bond donors (Lipinski definition) is 2. The standard InChI is InChI=1S/C12H19N5O/c1-4-12(13,5-2)6-14-10-9-8(3)17-18-11(9)16-7-15-10/h7H,4-6,13H2,1-3H3,(H,14,15,16). The van der Waals surface area contributed by atoms with Gasteiger partial charge in [-0.2, -0.15) is 4.98 Å². The summed E-state index contributed by atoms with van der Waals surface area (Å²) >= 11 is 0. The Morgan fingerprint density at radius 3 is 2.72 bits per heavy atom. The lowest BCUT2D eigenvalue weighted by molar-refractivity contribution is 0.418. The second-order valence-electron chi connectivity index (χ2n) is 4.59. The largest absolute Gasteiger partial charge is 0.367 e. The van der Waals surface area contributed by atoms with Crippen LogP contribution >= 0.6 is 0 Å². The Morgan fingerprint density at radius 2 is 2.06 bits per heavy atom. The van der Waals surface area contributed by atoms with Crippen LogP contribution in [0.4, 0.5) is 5.82 Å². The fraction of sp³-hybridized carbons (Fsp3) is 0.583. The predicted molar refractivity (Wildman–Crippen MR) is 70.3 cm³/mol. The Labute approximate surface area is 106 Å². The van der Waals surface area contributed by atoms with Crippen LogP contribution in [0.1, 0.15) is 32.4 Å². The molecule has 0 aliphatic heterocycles. The number of anilines is 1. The number of nitrogens with one attached hydrogen (secondary N) is 1. The van der Waals surface area contributed by atoms with Crippen LogP contribution in [0.25, 0.3) is 11.1 Å².